The molecule has 2 nitrogen and oxygen atoms in total. The van der Waals surface area contributed by atoms with Gasteiger partial charge in [0.25, 0.3) is 0 Å². The van der Waals surface area contributed by atoms with Crippen LogP contribution in [0.1, 0.15) is 32.3 Å². The third-order valence-electron chi connectivity index (χ3n) is 4.52. The lowest BCUT2D eigenvalue weighted by Gasteiger charge is -2.20. The van der Waals surface area contributed by atoms with Gasteiger partial charge in [-0.2, -0.15) is 0 Å². The molecule has 0 bridgehead atoms. The van der Waals surface area contributed by atoms with Gasteiger partial charge in [0.1, 0.15) is 0 Å². The molecule has 1 aromatic heterocycles. The maximum absolute atomic E-state index is 5.49. The van der Waals surface area contributed by atoms with Gasteiger partial charge in [-0.05, 0) is 61.0 Å². The van der Waals surface area contributed by atoms with E-state index in [9.17, 15) is 0 Å². The molecule has 1 heterocycles. The van der Waals surface area contributed by atoms with E-state index in [1.807, 2.05) is 0 Å². The van der Waals surface area contributed by atoms with Crippen LogP contribution >= 0.6 is 12.2 Å². The first-order valence-corrected chi connectivity index (χ1v) is 7.12. The third-order valence-corrected chi connectivity index (χ3v) is 4.84. The van der Waals surface area contributed by atoms with Crippen LogP contribution in [0.15, 0.2) is 18.2 Å². The zero-order valence-corrected chi connectivity index (χ0v) is 12.1. The lowest BCUT2D eigenvalue weighted by atomic mass is 9.92. The summed E-state index contributed by atoms with van der Waals surface area (Å²) in [6.07, 6.45) is 2.68. The molecule has 18 heavy (non-hydrogen) atoms. The van der Waals surface area contributed by atoms with E-state index in [-0.39, 0.29) is 0 Å². The van der Waals surface area contributed by atoms with E-state index < -0.39 is 0 Å². The molecule has 3 heteroatoms. The van der Waals surface area contributed by atoms with Crippen molar-refractivity contribution in [2.75, 3.05) is 0 Å². The van der Waals surface area contributed by atoms with Crippen LogP contribution in [0.5, 0.6) is 0 Å². The van der Waals surface area contributed by atoms with Crippen molar-refractivity contribution < 1.29 is 0 Å². The number of nitrogens with zero attached hydrogens (tertiary/aromatic N) is 1. The quantitative estimate of drug-likeness (QED) is 0.809. The molecule has 2 aromatic rings. The minimum absolute atomic E-state index is 0.483. The van der Waals surface area contributed by atoms with Crippen molar-refractivity contribution in [2.45, 2.75) is 40.2 Å². The number of aromatic nitrogens is 2. The minimum Gasteiger partial charge on any atom is -0.331 e. The number of nitrogens with one attached hydrogen (secondary N) is 1. The Labute approximate surface area is 113 Å². The number of benzene rings is 1. The molecule has 1 aliphatic rings. The fourth-order valence-corrected chi connectivity index (χ4v) is 3.09. The summed E-state index contributed by atoms with van der Waals surface area (Å²) in [5.74, 6) is 0.731. The number of hydrogen-bond donors (Lipinski definition) is 1. The van der Waals surface area contributed by atoms with Crippen LogP contribution in [0.3, 0.4) is 0 Å². The second-order valence-corrected chi connectivity index (χ2v) is 6.44. The topological polar surface area (TPSA) is 20.7 Å². The summed E-state index contributed by atoms with van der Waals surface area (Å²) in [6, 6.07) is 6.50. The molecular formula is C15H20N2S. The van der Waals surface area contributed by atoms with Gasteiger partial charge in [0.15, 0.2) is 4.77 Å². The summed E-state index contributed by atoms with van der Waals surface area (Å²) in [7, 11) is 0. The molecule has 1 aliphatic carbocycles. The van der Waals surface area contributed by atoms with Crippen molar-refractivity contribution >= 4 is 23.3 Å². The monoisotopic (exact) mass is 260 g/mol. The molecule has 0 saturated heterocycles. The summed E-state index contributed by atoms with van der Waals surface area (Å²) in [5.41, 5.74) is 4.19. The van der Waals surface area contributed by atoms with E-state index in [0.717, 1.165) is 22.8 Å². The highest BCUT2D eigenvalue weighted by atomic mass is 32.1. The predicted octanol–water partition coefficient (Wildman–Crippen LogP) is 4.44. The first-order chi connectivity index (χ1) is 8.52. The van der Waals surface area contributed by atoms with Gasteiger partial charge in [0, 0.05) is 6.54 Å². The van der Waals surface area contributed by atoms with Gasteiger partial charge in [0.2, 0.25) is 0 Å². The van der Waals surface area contributed by atoms with E-state index in [1.54, 1.807) is 0 Å². The smallest absolute Gasteiger partial charge is 0.178 e. The zero-order chi connectivity index (χ0) is 12.9. The molecule has 0 spiro atoms. The second kappa shape index (κ2) is 3.95. The first-order valence-electron chi connectivity index (χ1n) is 6.71. The number of hydrogen-bond acceptors (Lipinski definition) is 1. The molecule has 0 aliphatic heterocycles. The molecule has 0 radical (unpaired) electrons. The fourth-order valence-electron chi connectivity index (χ4n) is 2.81. The van der Waals surface area contributed by atoms with Gasteiger partial charge in [-0.25, -0.2) is 0 Å². The highest BCUT2D eigenvalue weighted by Gasteiger charge is 2.45. The summed E-state index contributed by atoms with van der Waals surface area (Å²) in [5, 5.41) is 0. The standard InChI is InChI=1S/C15H20N2S/c1-10(2)15(6-7-15)9-17-13-8-11(3)4-5-12(13)16-14(17)18/h4-5,8,10H,6-7,9H2,1-3H3,(H,16,18). The largest absolute Gasteiger partial charge is 0.331 e. The van der Waals surface area contributed by atoms with E-state index in [2.05, 4.69) is 48.5 Å². The normalized spacial score (nSPS) is 17.6. The number of rotatable bonds is 3. The average molecular weight is 260 g/mol. The summed E-state index contributed by atoms with van der Waals surface area (Å²) < 4.78 is 3.16. The number of imidazole rings is 1. The highest BCUT2D eigenvalue weighted by Crippen LogP contribution is 2.53. The Morgan fingerprint density at radius 1 is 1.39 bits per heavy atom. The Balaban J connectivity index is 2.09. The number of H-pyrrole nitrogens is 1. The van der Waals surface area contributed by atoms with Gasteiger partial charge in [0.05, 0.1) is 11.0 Å². The van der Waals surface area contributed by atoms with E-state index in [1.165, 1.54) is 23.9 Å². The Bertz CT molecular complexity index is 644. The predicted molar refractivity (Wildman–Crippen MR) is 78.4 cm³/mol. The van der Waals surface area contributed by atoms with E-state index in [4.69, 9.17) is 12.2 Å². The van der Waals surface area contributed by atoms with Crippen LogP contribution in [0.2, 0.25) is 0 Å². The maximum atomic E-state index is 5.49. The molecule has 1 saturated carbocycles. The maximum Gasteiger partial charge on any atom is 0.178 e. The Morgan fingerprint density at radius 2 is 2.11 bits per heavy atom. The van der Waals surface area contributed by atoms with Crippen LogP contribution < -0.4 is 0 Å². The average Bonchev–Trinajstić information content (AvgIpc) is 3.03. The number of aromatic amines is 1. The molecule has 0 unspecified atom stereocenters. The van der Waals surface area contributed by atoms with Crippen LogP contribution in [0.4, 0.5) is 0 Å². The number of aryl methyl sites for hydroxylation is 1. The molecule has 3 rings (SSSR count). The molecule has 96 valence electrons. The van der Waals surface area contributed by atoms with Crippen molar-refractivity contribution in [3.05, 3.63) is 28.5 Å². The van der Waals surface area contributed by atoms with Crippen LogP contribution in [0, 0.1) is 23.0 Å². The van der Waals surface area contributed by atoms with Crippen molar-refractivity contribution in [1.29, 1.82) is 0 Å². The molecule has 1 N–H and O–H groups in total. The zero-order valence-electron chi connectivity index (χ0n) is 11.3. The van der Waals surface area contributed by atoms with Gasteiger partial charge >= 0.3 is 0 Å². The van der Waals surface area contributed by atoms with Crippen LogP contribution in [-0.4, -0.2) is 9.55 Å². The summed E-state index contributed by atoms with van der Waals surface area (Å²) in [6.45, 7) is 7.86. The van der Waals surface area contributed by atoms with Crippen LogP contribution in [0.25, 0.3) is 11.0 Å². The lowest BCUT2D eigenvalue weighted by molar-refractivity contribution is 0.311. The van der Waals surface area contributed by atoms with Crippen molar-refractivity contribution in [3.63, 3.8) is 0 Å². The Hall–Kier alpha value is -1.09. The Kier molecular flexibility index (Phi) is 2.63. The molecule has 1 aromatic carbocycles. The number of fused-ring (bicyclic) bond motifs is 1. The van der Waals surface area contributed by atoms with Gasteiger partial charge in [-0.15, -0.1) is 0 Å². The summed E-state index contributed by atoms with van der Waals surface area (Å²) in [4.78, 5) is 3.32. The third kappa shape index (κ3) is 1.81. The lowest BCUT2D eigenvalue weighted by Crippen LogP contribution is -2.17. The SMILES string of the molecule is Cc1ccc2[nH]c(=S)n(CC3(C(C)C)CC3)c2c1. The van der Waals surface area contributed by atoms with Gasteiger partial charge in [-0.3, -0.25) is 0 Å². The van der Waals surface area contributed by atoms with Crippen molar-refractivity contribution in [1.82, 2.24) is 9.55 Å². The van der Waals surface area contributed by atoms with Crippen molar-refractivity contribution in [2.24, 2.45) is 11.3 Å². The van der Waals surface area contributed by atoms with Gasteiger partial charge in [-0.1, -0.05) is 19.9 Å². The summed E-state index contributed by atoms with van der Waals surface area (Å²) >= 11 is 5.49. The van der Waals surface area contributed by atoms with Crippen molar-refractivity contribution in [3.8, 4) is 0 Å². The van der Waals surface area contributed by atoms with E-state index >= 15 is 0 Å². The molecule has 0 atom stereocenters. The first kappa shape index (κ1) is 12.0. The van der Waals surface area contributed by atoms with Gasteiger partial charge < -0.3 is 9.55 Å². The molecular weight excluding hydrogens is 240 g/mol. The van der Waals surface area contributed by atoms with Crippen LogP contribution in [-0.2, 0) is 6.54 Å². The highest BCUT2D eigenvalue weighted by molar-refractivity contribution is 7.71. The fraction of sp³-hybridized carbons (Fsp3) is 0.533. The second-order valence-electron chi connectivity index (χ2n) is 6.05. The minimum atomic E-state index is 0.483. The molecule has 1 fully saturated rings. The van der Waals surface area contributed by atoms with E-state index in [0.29, 0.717) is 5.41 Å². The molecule has 0 amide bonds. The Morgan fingerprint density at radius 3 is 2.72 bits per heavy atom.